The molecule has 106 valence electrons. The van der Waals surface area contributed by atoms with Gasteiger partial charge in [0.1, 0.15) is 0 Å². The predicted molar refractivity (Wildman–Crippen MR) is 71.5 cm³/mol. The molecule has 0 aliphatic rings. The number of hydrogen-bond acceptors (Lipinski definition) is 2. The Labute approximate surface area is 110 Å². The summed E-state index contributed by atoms with van der Waals surface area (Å²) in [7, 11) is 0. The maximum absolute atomic E-state index is 12.1. The molecule has 0 radical (unpaired) electrons. The molecule has 0 fully saturated rings. The van der Waals surface area contributed by atoms with E-state index < -0.39 is 11.5 Å². The summed E-state index contributed by atoms with van der Waals surface area (Å²) in [6, 6.07) is -0.113. The standard InChI is InChI=1S/C13H26N2O3/c1-9(2)8-15(10(3)4)12(18)14-13(5,6)7-11(16)17/h9-10H,7-8H2,1-6H3,(H,14,18)(H,16,17). The van der Waals surface area contributed by atoms with E-state index >= 15 is 0 Å². The maximum Gasteiger partial charge on any atom is 0.318 e. The van der Waals surface area contributed by atoms with Gasteiger partial charge in [-0.25, -0.2) is 4.79 Å². The normalized spacial score (nSPS) is 11.8. The molecule has 0 heterocycles. The van der Waals surface area contributed by atoms with Gasteiger partial charge in [-0.3, -0.25) is 4.79 Å². The lowest BCUT2D eigenvalue weighted by Gasteiger charge is -2.33. The van der Waals surface area contributed by atoms with Crippen molar-refractivity contribution in [1.82, 2.24) is 10.2 Å². The van der Waals surface area contributed by atoms with Crippen LogP contribution in [-0.2, 0) is 4.79 Å². The molecule has 0 rings (SSSR count). The van der Waals surface area contributed by atoms with Gasteiger partial charge in [0.25, 0.3) is 0 Å². The van der Waals surface area contributed by atoms with Crippen molar-refractivity contribution in [1.29, 1.82) is 0 Å². The largest absolute Gasteiger partial charge is 0.481 e. The van der Waals surface area contributed by atoms with Crippen molar-refractivity contribution in [3.8, 4) is 0 Å². The predicted octanol–water partition coefficient (Wildman–Crippen LogP) is 2.32. The van der Waals surface area contributed by atoms with Crippen molar-refractivity contribution in [2.45, 2.75) is 59.5 Å². The summed E-state index contributed by atoms with van der Waals surface area (Å²) in [4.78, 5) is 24.6. The maximum atomic E-state index is 12.1. The molecule has 0 aromatic rings. The van der Waals surface area contributed by atoms with Crippen LogP contribution in [-0.4, -0.2) is 40.1 Å². The summed E-state index contributed by atoms with van der Waals surface area (Å²) in [5.74, 6) is -0.541. The highest BCUT2D eigenvalue weighted by atomic mass is 16.4. The summed E-state index contributed by atoms with van der Waals surface area (Å²) in [6.07, 6.45) is -0.0909. The quantitative estimate of drug-likeness (QED) is 0.768. The Balaban J connectivity index is 4.64. The van der Waals surface area contributed by atoms with E-state index in [1.807, 2.05) is 27.7 Å². The first kappa shape index (κ1) is 16.7. The Hall–Kier alpha value is -1.26. The second-order valence-electron chi connectivity index (χ2n) is 6.02. The van der Waals surface area contributed by atoms with E-state index in [1.54, 1.807) is 18.7 Å². The molecular weight excluding hydrogens is 232 g/mol. The van der Waals surface area contributed by atoms with E-state index in [2.05, 4.69) is 5.32 Å². The lowest BCUT2D eigenvalue weighted by atomic mass is 10.0. The number of urea groups is 1. The third-order valence-corrected chi connectivity index (χ3v) is 2.48. The van der Waals surface area contributed by atoms with Gasteiger partial charge in [-0.15, -0.1) is 0 Å². The molecule has 0 aliphatic heterocycles. The fourth-order valence-corrected chi connectivity index (χ4v) is 1.71. The minimum Gasteiger partial charge on any atom is -0.481 e. The summed E-state index contributed by atoms with van der Waals surface area (Å²) >= 11 is 0. The number of rotatable bonds is 6. The Kier molecular flexibility index (Phi) is 6.15. The highest BCUT2D eigenvalue weighted by molar-refractivity contribution is 5.77. The van der Waals surface area contributed by atoms with Gasteiger partial charge in [0, 0.05) is 18.1 Å². The monoisotopic (exact) mass is 258 g/mol. The molecule has 0 aromatic heterocycles. The first-order chi connectivity index (χ1) is 8.05. The number of nitrogens with one attached hydrogen (secondary N) is 1. The number of carbonyl (C=O) groups excluding carboxylic acids is 1. The number of carbonyl (C=O) groups is 2. The second-order valence-corrected chi connectivity index (χ2v) is 6.02. The molecule has 0 aromatic carbocycles. The Bertz CT molecular complexity index is 299. The lowest BCUT2D eigenvalue weighted by molar-refractivity contribution is -0.138. The van der Waals surface area contributed by atoms with Crippen LogP contribution in [0, 0.1) is 5.92 Å². The topological polar surface area (TPSA) is 69.6 Å². The van der Waals surface area contributed by atoms with Gasteiger partial charge in [-0.05, 0) is 33.6 Å². The number of nitrogens with zero attached hydrogens (tertiary/aromatic N) is 1. The van der Waals surface area contributed by atoms with E-state index in [0.29, 0.717) is 12.5 Å². The molecule has 18 heavy (non-hydrogen) atoms. The third-order valence-electron chi connectivity index (χ3n) is 2.48. The van der Waals surface area contributed by atoms with Gasteiger partial charge < -0.3 is 15.3 Å². The van der Waals surface area contributed by atoms with Gasteiger partial charge in [-0.1, -0.05) is 13.8 Å². The third kappa shape index (κ3) is 6.47. The van der Waals surface area contributed by atoms with Crippen molar-refractivity contribution < 1.29 is 14.7 Å². The van der Waals surface area contributed by atoms with Gasteiger partial charge >= 0.3 is 12.0 Å². The number of hydrogen-bond donors (Lipinski definition) is 2. The summed E-state index contributed by atoms with van der Waals surface area (Å²) in [5, 5.41) is 11.6. The van der Waals surface area contributed by atoms with Crippen LogP contribution in [0.2, 0.25) is 0 Å². The minimum absolute atomic E-state index is 0.0908. The fourth-order valence-electron chi connectivity index (χ4n) is 1.71. The molecule has 0 unspecified atom stereocenters. The molecule has 5 nitrogen and oxygen atoms in total. The van der Waals surface area contributed by atoms with Crippen LogP contribution < -0.4 is 5.32 Å². The zero-order valence-corrected chi connectivity index (χ0v) is 12.3. The van der Waals surface area contributed by atoms with Gasteiger partial charge in [0.05, 0.1) is 6.42 Å². The average molecular weight is 258 g/mol. The summed E-state index contributed by atoms with van der Waals surface area (Å²) < 4.78 is 0. The zero-order valence-electron chi connectivity index (χ0n) is 12.3. The fraction of sp³-hybridized carbons (Fsp3) is 0.846. The Morgan fingerprint density at radius 2 is 1.72 bits per heavy atom. The lowest BCUT2D eigenvalue weighted by Crippen LogP contribution is -2.53. The molecule has 0 spiro atoms. The van der Waals surface area contributed by atoms with Crippen LogP contribution in [0.15, 0.2) is 0 Å². The van der Waals surface area contributed by atoms with Crippen molar-refractivity contribution in [2.24, 2.45) is 5.92 Å². The molecule has 5 heteroatoms. The number of carboxylic acids is 1. The van der Waals surface area contributed by atoms with Crippen molar-refractivity contribution in [3.05, 3.63) is 0 Å². The smallest absolute Gasteiger partial charge is 0.318 e. The summed E-state index contributed by atoms with van der Waals surface area (Å²) in [6.45, 7) is 12.1. The molecular formula is C13H26N2O3. The van der Waals surface area contributed by atoms with Gasteiger partial charge in [0.15, 0.2) is 0 Å². The summed E-state index contributed by atoms with van der Waals surface area (Å²) in [5.41, 5.74) is -0.743. The van der Waals surface area contributed by atoms with Crippen LogP contribution in [0.4, 0.5) is 4.79 Å². The Morgan fingerprint density at radius 1 is 1.22 bits per heavy atom. The van der Waals surface area contributed by atoms with Crippen molar-refractivity contribution in [2.75, 3.05) is 6.54 Å². The molecule has 2 amide bonds. The SMILES string of the molecule is CC(C)CN(C(=O)NC(C)(C)CC(=O)O)C(C)C. The highest BCUT2D eigenvalue weighted by Crippen LogP contribution is 2.11. The van der Waals surface area contributed by atoms with E-state index in [0.717, 1.165) is 0 Å². The molecule has 0 saturated heterocycles. The van der Waals surface area contributed by atoms with Crippen LogP contribution in [0.25, 0.3) is 0 Å². The molecule has 0 atom stereocenters. The Morgan fingerprint density at radius 3 is 2.06 bits per heavy atom. The van der Waals surface area contributed by atoms with Crippen LogP contribution >= 0.6 is 0 Å². The van der Waals surface area contributed by atoms with Crippen molar-refractivity contribution >= 4 is 12.0 Å². The minimum atomic E-state index is -0.916. The zero-order chi connectivity index (χ0) is 14.5. The van der Waals surface area contributed by atoms with Crippen molar-refractivity contribution in [3.63, 3.8) is 0 Å². The van der Waals surface area contributed by atoms with E-state index in [9.17, 15) is 9.59 Å². The first-order valence-corrected chi connectivity index (χ1v) is 6.35. The number of carboxylic acid groups (broad SMARTS) is 1. The molecule has 0 bridgehead atoms. The second kappa shape index (κ2) is 6.61. The van der Waals surface area contributed by atoms with Gasteiger partial charge in [0.2, 0.25) is 0 Å². The number of amides is 2. The van der Waals surface area contributed by atoms with Gasteiger partial charge in [-0.2, -0.15) is 0 Å². The van der Waals surface area contributed by atoms with Crippen LogP contribution in [0.5, 0.6) is 0 Å². The van der Waals surface area contributed by atoms with E-state index in [-0.39, 0.29) is 18.5 Å². The average Bonchev–Trinajstić information content (AvgIpc) is 2.09. The molecule has 2 N–H and O–H groups in total. The molecule has 0 aliphatic carbocycles. The van der Waals surface area contributed by atoms with Crippen LogP contribution in [0.3, 0.4) is 0 Å². The van der Waals surface area contributed by atoms with Crippen LogP contribution in [0.1, 0.15) is 48.0 Å². The van der Waals surface area contributed by atoms with E-state index in [4.69, 9.17) is 5.11 Å². The highest BCUT2D eigenvalue weighted by Gasteiger charge is 2.27. The first-order valence-electron chi connectivity index (χ1n) is 6.35. The number of aliphatic carboxylic acids is 1. The molecule has 0 saturated carbocycles. The van der Waals surface area contributed by atoms with E-state index in [1.165, 1.54) is 0 Å².